The fraction of sp³-hybridized carbons (Fsp3) is 0.682. The van der Waals surface area contributed by atoms with E-state index in [9.17, 15) is 14.4 Å². The van der Waals surface area contributed by atoms with Crippen molar-refractivity contribution >= 4 is 29.2 Å². The van der Waals surface area contributed by atoms with E-state index in [0.29, 0.717) is 39.0 Å². The molecule has 0 aliphatic carbocycles. The maximum Gasteiger partial charge on any atom is 0.317 e. The molecule has 1 aromatic rings. The van der Waals surface area contributed by atoms with Crippen LogP contribution in [0, 0.1) is 5.92 Å². The third-order valence-electron chi connectivity index (χ3n) is 6.60. The molecule has 0 spiro atoms. The molecular weight excluding hydrogens is 400 g/mol. The van der Waals surface area contributed by atoms with Gasteiger partial charge in [-0.1, -0.05) is 12.8 Å². The van der Waals surface area contributed by atoms with Crippen LogP contribution >= 0.6 is 11.3 Å². The molecule has 8 heteroatoms. The minimum Gasteiger partial charge on any atom is -0.342 e. The first-order valence-corrected chi connectivity index (χ1v) is 12.1. The predicted octanol–water partition coefficient (Wildman–Crippen LogP) is 2.46. The summed E-state index contributed by atoms with van der Waals surface area (Å²) >= 11 is 1.75. The minimum atomic E-state index is -0.197. The molecule has 0 bridgehead atoms. The Hall–Kier alpha value is -2.09. The third-order valence-corrected chi connectivity index (χ3v) is 7.62. The number of nitrogens with zero attached hydrogens (tertiary/aromatic N) is 3. The van der Waals surface area contributed by atoms with E-state index >= 15 is 0 Å². The molecule has 2 saturated heterocycles. The Labute approximate surface area is 182 Å². The van der Waals surface area contributed by atoms with Crippen LogP contribution in [0.5, 0.6) is 0 Å². The lowest BCUT2D eigenvalue weighted by atomic mass is 9.95. The molecule has 3 aliphatic rings. The summed E-state index contributed by atoms with van der Waals surface area (Å²) in [5.41, 5.74) is 1.22. The molecule has 0 saturated carbocycles. The Morgan fingerprint density at radius 1 is 0.933 bits per heavy atom. The number of piperidine rings is 1. The van der Waals surface area contributed by atoms with Gasteiger partial charge < -0.3 is 20.0 Å². The van der Waals surface area contributed by atoms with Crippen LogP contribution in [0.15, 0.2) is 11.4 Å². The largest absolute Gasteiger partial charge is 0.342 e. The smallest absolute Gasteiger partial charge is 0.317 e. The molecule has 164 valence electrons. The lowest BCUT2D eigenvalue weighted by molar-refractivity contribution is -0.136. The van der Waals surface area contributed by atoms with Crippen LogP contribution < -0.4 is 5.32 Å². The first-order valence-electron chi connectivity index (χ1n) is 11.3. The maximum absolute atomic E-state index is 12.8. The first-order chi connectivity index (χ1) is 14.6. The summed E-state index contributed by atoms with van der Waals surface area (Å²) in [6, 6.07) is 1.88. The maximum atomic E-state index is 12.8. The molecule has 0 aromatic carbocycles. The standard InChI is InChI=1S/C22H32N4O3S/c27-20(26-13-7-19-18(16-26)8-14-30-19)15-23-22(29)25-11-5-17(6-12-25)21(28)24-9-3-1-2-4-10-24/h8,14,17H,1-7,9-13,15-16H2,(H,23,29). The van der Waals surface area contributed by atoms with Gasteiger partial charge >= 0.3 is 6.03 Å². The lowest BCUT2D eigenvalue weighted by Crippen LogP contribution is -2.50. The van der Waals surface area contributed by atoms with E-state index in [1.54, 1.807) is 16.2 Å². The van der Waals surface area contributed by atoms with Crippen LogP contribution in [-0.4, -0.2) is 71.8 Å². The number of fused-ring (bicyclic) bond motifs is 1. The van der Waals surface area contributed by atoms with Gasteiger partial charge in [0.1, 0.15) is 0 Å². The summed E-state index contributed by atoms with van der Waals surface area (Å²) in [5.74, 6) is 0.262. The number of nitrogens with one attached hydrogen (secondary N) is 1. The monoisotopic (exact) mass is 432 g/mol. The Morgan fingerprint density at radius 3 is 2.40 bits per heavy atom. The summed E-state index contributed by atoms with van der Waals surface area (Å²) in [6.45, 7) is 4.29. The van der Waals surface area contributed by atoms with Crippen molar-refractivity contribution in [1.29, 1.82) is 0 Å². The van der Waals surface area contributed by atoms with E-state index in [0.717, 1.165) is 32.4 Å². The van der Waals surface area contributed by atoms with Crippen molar-refractivity contribution in [3.8, 4) is 0 Å². The second-order valence-electron chi connectivity index (χ2n) is 8.59. The molecule has 2 fully saturated rings. The highest BCUT2D eigenvalue weighted by molar-refractivity contribution is 7.10. The van der Waals surface area contributed by atoms with Gasteiger partial charge in [0.05, 0.1) is 6.54 Å². The van der Waals surface area contributed by atoms with Gasteiger partial charge in [-0.3, -0.25) is 9.59 Å². The number of hydrogen-bond acceptors (Lipinski definition) is 4. The zero-order chi connectivity index (χ0) is 20.9. The number of carbonyl (C=O) groups is 3. The van der Waals surface area contributed by atoms with Gasteiger partial charge in [-0.05, 0) is 49.1 Å². The predicted molar refractivity (Wildman–Crippen MR) is 116 cm³/mol. The third kappa shape index (κ3) is 4.96. The fourth-order valence-corrected chi connectivity index (χ4v) is 5.60. The molecule has 30 heavy (non-hydrogen) atoms. The normalized spacial score (nSPS) is 20.5. The van der Waals surface area contributed by atoms with Crippen molar-refractivity contribution in [2.45, 2.75) is 51.5 Å². The molecule has 0 atom stereocenters. The fourth-order valence-electron chi connectivity index (χ4n) is 4.71. The Balaban J connectivity index is 1.19. The first kappa shape index (κ1) is 21.2. The average molecular weight is 433 g/mol. The molecule has 0 unspecified atom stereocenters. The van der Waals surface area contributed by atoms with E-state index < -0.39 is 0 Å². The Morgan fingerprint density at radius 2 is 1.67 bits per heavy atom. The molecule has 7 nitrogen and oxygen atoms in total. The van der Waals surface area contributed by atoms with Crippen LogP contribution in [0.4, 0.5) is 4.79 Å². The van der Waals surface area contributed by atoms with Gasteiger partial charge in [0.2, 0.25) is 11.8 Å². The number of thiophene rings is 1. The Kier molecular flexibility index (Phi) is 6.92. The van der Waals surface area contributed by atoms with Crippen LogP contribution in [0.2, 0.25) is 0 Å². The van der Waals surface area contributed by atoms with Crippen LogP contribution in [0.1, 0.15) is 49.0 Å². The molecule has 0 radical (unpaired) electrons. The zero-order valence-corrected chi connectivity index (χ0v) is 18.4. The Bertz CT molecular complexity index is 764. The van der Waals surface area contributed by atoms with Crippen molar-refractivity contribution in [1.82, 2.24) is 20.0 Å². The molecule has 3 aliphatic heterocycles. The lowest BCUT2D eigenvalue weighted by Gasteiger charge is -2.34. The van der Waals surface area contributed by atoms with Crippen LogP contribution in [0.25, 0.3) is 0 Å². The number of likely N-dealkylation sites (tertiary alicyclic amines) is 2. The van der Waals surface area contributed by atoms with Crippen molar-refractivity contribution in [3.05, 3.63) is 21.9 Å². The van der Waals surface area contributed by atoms with Crippen LogP contribution in [0.3, 0.4) is 0 Å². The summed E-state index contributed by atoms with van der Waals surface area (Å²) in [6.07, 6.45) is 6.95. The topological polar surface area (TPSA) is 73.0 Å². The highest BCUT2D eigenvalue weighted by atomic mass is 32.1. The van der Waals surface area contributed by atoms with E-state index in [1.807, 2.05) is 9.80 Å². The van der Waals surface area contributed by atoms with E-state index in [2.05, 4.69) is 16.8 Å². The molecular formula is C22H32N4O3S. The van der Waals surface area contributed by atoms with Gasteiger partial charge in [0, 0.05) is 50.1 Å². The van der Waals surface area contributed by atoms with Gasteiger partial charge in [-0.25, -0.2) is 4.79 Å². The highest BCUT2D eigenvalue weighted by Gasteiger charge is 2.31. The SMILES string of the molecule is O=C(CNC(=O)N1CCC(C(=O)N2CCCCCC2)CC1)N1CCc2sccc2C1. The quantitative estimate of drug-likeness (QED) is 0.797. The minimum absolute atomic E-state index is 0.0296. The summed E-state index contributed by atoms with van der Waals surface area (Å²) < 4.78 is 0. The van der Waals surface area contributed by atoms with Crippen LogP contribution in [-0.2, 0) is 22.6 Å². The number of rotatable bonds is 3. The highest BCUT2D eigenvalue weighted by Crippen LogP contribution is 2.24. The number of amides is 4. The van der Waals surface area contributed by atoms with Gasteiger partial charge in [0.15, 0.2) is 0 Å². The van der Waals surface area contributed by atoms with Crippen molar-refractivity contribution < 1.29 is 14.4 Å². The summed E-state index contributed by atoms with van der Waals surface area (Å²) in [4.78, 5) is 44.8. The number of urea groups is 1. The average Bonchev–Trinajstić information content (AvgIpc) is 3.08. The number of carbonyl (C=O) groups excluding carboxylic acids is 3. The van der Waals surface area contributed by atoms with Gasteiger partial charge in [-0.15, -0.1) is 11.3 Å². The van der Waals surface area contributed by atoms with Gasteiger partial charge in [0.25, 0.3) is 0 Å². The van der Waals surface area contributed by atoms with Crippen molar-refractivity contribution in [2.24, 2.45) is 5.92 Å². The van der Waals surface area contributed by atoms with E-state index in [4.69, 9.17) is 0 Å². The van der Waals surface area contributed by atoms with Gasteiger partial charge in [-0.2, -0.15) is 0 Å². The van der Waals surface area contributed by atoms with E-state index in [-0.39, 0.29) is 30.3 Å². The molecule has 4 amide bonds. The second-order valence-corrected chi connectivity index (χ2v) is 9.59. The molecule has 4 heterocycles. The molecule has 1 N–H and O–H groups in total. The van der Waals surface area contributed by atoms with Crippen molar-refractivity contribution in [3.63, 3.8) is 0 Å². The summed E-state index contributed by atoms with van der Waals surface area (Å²) in [7, 11) is 0. The second kappa shape index (κ2) is 9.81. The molecule has 4 rings (SSSR count). The molecule has 1 aromatic heterocycles. The number of hydrogen-bond donors (Lipinski definition) is 1. The summed E-state index contributed by atoms with van der Waals surface area (Å²) in [5, 5.41) is 4.86. The van der Waals surface area contributed by atoms with Crippen molar-refractivity contribution in [2.75, 3.05) is 39.3 Å². The van der Waals surface area contributed by atoms with E-state index in [1.165, 1.54) is 23.3 Å². The zero-order valence-electron chi connectivity index (χ0n) is 17.6.